The van der Waals surface area contributed by atoms with Crippen molar-refractivity contribution in [2.24, 2.45) is 0 Å². The number of aromatic nitrogens is 2. The molecular weight excluding hydrogens is 444 g/mol. The number of fused-ring (bicyclic) bond motifs is 1. The lowest BCUT2D eigenvalue weighted by atomic mass is 10.1. The lowest BCUT2D eigenvalue weighted by molar-refractivity contribution is 0.0543. The fourth-order valence-electron chi connectivity index (χ4n) is 3.61. The molecule has 6 nitrogen and oxygen atoms in total. The molecule has 0 amide bonds. The Morgan fingerprint density at radius 3 is 2.37 bits per heavy atom. The number of hydrogen-bond donors (Lipinski definition) is 0. The maximum absolute atomic E-state index is 12.5. The number of rotatable bonds is 2. The van der Waals surface area contributed by atoms with E-state index in [1.54, 1.807) is 12.4 Å². The summed E-state index contributed by atoms with van der Waals surface area (Å²) in [4.78, 5) is 21.9. The zero-order valence-electron chi connectivity index (χ0n) is 17.9. The van der Waals surface area contributed by atoms with Crippen molar-refractivity contribution in [3.8, 4) is 11.1 Å². The van der Waals surface area contributed by atoms with Gasteiger partial charge in [-0.1, -0.05) is 12.1 Å². The predicted octanol–water partition coefficient (Wildman–Crippen LogP) is 5.00. The second-order valence-electron chi connectivity index (χ2n) is 8.76. The minimum absolute atomic E-state index is 0.435. The number of piperazine rings is 1. The molecule has 0 N–H and O–H groups in total. The van der Waals surface area contributed by atoms with Crippen molar-refractivity contribution in [3.05, 3.63) is 47.2 Å². The standard InChI is InChI=1S/C23H27BrN4O2/c1-23(2,3)30-22(29)28-15-20(24)19-13-17(14-25-21(19)28)16-5-7-18(8-6-16)27-11-9-26(4)10-12-27/h5-8,13-15H,9-12H2,1-4H3. The Labute approximate surface area is 185 Å². The first-order chi connectivity index (χ1) is 14.2. The number of likely N-dealkylation sites (N-methyl/N-ethyl adjacent to an activating group) is 1. The van der Waals surface area contributed by atoms with Crippen molar-refractivity contribution in [2.75, 3.05) is 38.1 Å². The van der Waals surface area contributed by atoms with Crippen LogP contribution in [0.4, 0.5) is 10.5 Å². The summed E-state index contributed by atoms with van der Waals surface area (Å²) < 4.78 is 7.75. The summed E-state index contributed by atoms with van der Waals surface area (Å²) in [5.41, 5.74) is 3.37. The molecule has 1 aromatic carbocycles. The highest BCUT2D eigenvalue weighted by Gasteiger charge is 2.21. The summed E-state index contributed by atoms with van der Waals surface area (Å²) in [6.45, 7) is 9.83. The van der Waals surface area contributed by atoms with Crippen LogP contribution in [-0.2, 0) is 4.74 Å². The number of carbonyl (C=O) groups is 1. The molecule has 2 aromatic heterocycles. The molecule has 3 heterocycles. The molecule has 4 rings (SSSR count). The van der Waals surface area contributed by atoms with Crippen molar-refractivity contribution >= 4 is 38.7 Å². The van der Waals surface area contributed by atoms with Gasteiger partial charge in [0.2, 0.25) is 0 Å². The first kappa shape index (κ1) is 20.9. The van der Waals surface area contributed by atoms with Gasteiger partial charge in [0.25, 0.3) is 0 Å². The minimum Gasteiger partial charge on any atom is -0.443 e. The number of halogens is 1. The lowest BCUT2D eigenvalue weighted by Crippen LogP contribution is -2.44. The van der Waals surface area contributed by atoms with Gasteiger partial charge in [-0.25, -0.2) is 14.3 Å². The van der Waals surface area contributed by atoms with E-state index in [1.807, 2.05) is 20.8 Å². The summed E-state index contributed by atoms with van der Waals surface area (Å²) >= 11 is 3.56. The van der Waals surface area contributed by atoms with E-state index in [0.717, 1.165) is 47.2 Å². The SMILES string of the molecule is CN1CCN(c2ccc(-c3cnc4c(c3)c(Br)cn4C(=O)OC(C)(C)C)cc2)CC1. The average molecular weight is 471 g/mol. The number of pyridine rings is 1. The molecule has 7 heteroatoms. The van der Waals surface area contributed by atoms with E-state index in [4.69, 9.17) is 4.74 Å². The van der Waals surface area contributed by atoms with E-state index in [1.165, 1.54) is 10.3 Å². The molecule has 158 valence electrons. The molecule has 0 atom stereocenters. The lowest BCUT2D eigenvalue weighted by Gasteiger charge is -2.34. The second kappa shape index (κ2) is 8.04. The molecule has 0 saturated carbocycles. The minimum atomic E-state index is -0.564. The van der Waals surface area contributed by atoms with E-state index in [-0.39, 0.29) is 0 Å². The van der Waals surface area contributed by atoms with Crippen molar-refractivity contribution in [3.63, 3.8) is 0 Å². The molecule has 30 heavy (non-hydrogen) atoms. The van der Waals surface area contributed by atoms with Crippen LogP contribution < -0.4 is 4.90 Å². The molecule has 0 spiro atoms. The molecule has 1 saturated heterocycles. The van der Waals surface area contributed by atoms with Gasteiger partial charge < -0.3 is 14.5 Å². The van der Waals surface area contributed by atoms with Gasteiger partial charge in [-0.3, -0.25) is 0 Å². The monoisotopic (exact) mass is 470 g/mol. The maximum atomic E-state index is 12.5. The molecule has 3 aromatic rings. The van der Waals surface area contributed by atoms with Crippen LogP contribution >= 0.6 is 15.9 Å². The van der Waals surface area contributed by atoms with Crippen molar-refractivity contribution in [1.29, 1.82) is 0 Å². The van der Waals surface area contributed by atoms with E-state index in [2.05, 4.69) is 68.1 Å². The van der Waals surface area contributed by atoms with Crippen molar-refractivity contribution in [2.45, 2.75) is 26.4 Å². The zero-order chi connectivity index (χ0) is 21.5. The van der Waals surface area contributed by atoms with Crippen LogP contribution in [0.15, 0.2) is 47.2 Å². The Kier molecular flexibility index (Phi) is 5.59. The van der Waals surface area contributed by atoms with Crippen LogP contribution in [0.3, 0.4) is 0 Å². The van der Waals surface area contributed by atoms with Crippen LogP contribution in [0.25, 0.3) is 22.2 Å². The van der Waals surface area contributed by atoms with Crippen LogP contribution in [0, 0.1) is 0 Å². The number of benzene rings is 1. The summed E-state index contributed by atoms with van der Waals surface area (Å²) in [6, 6.07) is 10.7. The van der Waals surface area contributed by atoms with E-state index in [0.29, 0.717) is 5.65 Å². The molecule has 0 unspecified atom stereocenters. The number of hydrogen-bond acceptors (Lipinski definition) is 5. The third-order valence-corrected chi connectivity index (χ3v) is 5.89. The van der Waals surface area contributed by atoms with Crippen LogP contribution in [0.1, 0.15) is 20.8 Å². The number of carbonyl (C=O) groups excluding carboxylic acids is 1. The van der Waals surface area contributed by atoms with Gasteiger partial charge in [0.1, 0.15) is 5.60 Å². The highest BCUT2D eigenvalue weighted by Crippen LogP contribution is 2.31. The van der Waals surface area contributed by atoms with Gasteiger partial charge in [0, 0.05) is 59.7 Å². The molecule has 0 bridgehead atoms. The third-order valence-electron chi connectivity index (χ3n) is 5.25. The summed E-state index contributed by atoms with van der Waals surface area (Å²) in [7, 11) is 2.16. The first-order valence-corrected chi connectivity index (χ1v) is 10.9. The van der Waals surface area contributed by atoms with Gasteiger partial charge in [0.15, 0.2) is 5.65 Å². The van der Waals surface area contributed by atoms with E-state index in [9.17, 15) is 4.79 Å². The van der Waals surface area contributed by atoms with Crippen molar-refractivity contribution < 1.29 is 9.53 Å². The van der Waals surface area contributed by atoms with Crippen molar-refractivity contribution in [1.82, 2.24) is 14.5 Å². The Morgan fingerprint density at radius 1 is 1.07 bits per heavy atom. The highest BCUT2D eigenvalue weighted by molar-refractivity contribution is 9.10. The fraction of sp³-hybridized carbons (Fsp3) is 0.391. The van der Waals surface area contributed by atoms with Gasteiger partial charge in [-0.15, -0.1) is 0 Å². The maximum Gasteiger partial charge on any atom is 0.420 e. The predicted molar refractivity (Wildman–Crippen MR) is 124 cm³/mol. The average Bonchev–Trinajstić information content (AvgIpc) is 3.04. The Bertz CT molecular complexity index is 1060. The van der Waals surface area contributed by atoms with Crippen LogP contribution in [0.5, 0.6) is 0 Å². The molecule has 0 radical (unpaired) electrons. The molecule has 1 aliphatic heterocycles. The second-order valence-corrected chi connectivity index (χ2v) is 9.61. The Balaban J connectivity index is 1.59. The van der Waals surface area contributed by atoms with Gasteiger partial charge in [-0.05, 0) is 67.5 Å². The van der Waals surface area contributed by atoms with Gasteiger partial charge in [0.05, 0.1) is 0 Å². The number of anilines is 1. The fourth-order valence-corrected chi connectivity index (χ4v) is 4.10. The Hall–Kier alpha value is -2.38. The normalized spacial score (nSPS) is 15.6. The first-order valence-electron chi connectivity index (χ1n) is 10.2. The van der Waals surface area contributed by atoms with E-state index < -0.39 is 11.7 Å². The summed E-state index contributed by atoms with van der Waals surface area (Å²) in [5, 5.41) is 0.876. The zero-order valence-corrected chi connectivity index (χ0v) is 19.4. The van der Waals surface area contributed by atoms with E-state index >= 15 is 0 Å². The highest BCUT2D eigenvalue weighted by atomic mass is 79.9. The largest absolute Gasteiger partial charge is 0.443 e. The summed E-state index contributed by atoms with van der Waals surface area (Å²) in [6.07, 6.45) is 3.09. The smallest absolute Gasteiger partial charge is 0.420 e. The molecule has 1 fully saturated rings. The number of ether oxygens (including phenoxy) is 1. The Morgan fingerprint density at radius 2 is 1.73 bits per heavy atom. The topological polar surface area (TPSA) is 50.6 Å². The molecule has 0 aliphatic carbocycles. The molecular formula is C23H27BrN4O2. The molecule has 1 aliphatic rings. The summed E-state index contributed by atoms with van der Waals surface area (Å²) in [5.74, 6) is 0. The van der Waals surface area contributed by atoms with Gasteiger partial charge in [-0.2, -0.15) is 0 Å². The quantitative estimate of drug-likeness (QED) is 0.527. The number of nitrogens with zero attached hydrogens (tertiary/aromatic N) is 4. The van der Waals surface area contributed by atoms with Crippen LogP contribution in [-0.4, -0.2) is 59.4 Å². The van der Waals surface area contributed by atoms with Gasteiger partial charge >= 0.3 is 6.09 Å². The third kappa shape index (κ3) is 4.37. The van der Waals surface area contributed by atoms with Crippen LogP contribution in [0.2, 0.25) is 0 Å².